The average Bonchev–Trinajstić information content (AvgIpc) is 2.97. The van der Waals surface area contributed by atoms with Crippen molar-refractivity contribution >= 4 is 16.9 Å². The minimum Gasteiger partial charge on any atom is -0.451 e. The molecule has 1 aromatic carbocycles. The predicted octanol–water partition coefficient (Wildman–Crippen LogP) is 3.22. The molecule has 1 saturated heterocycles. The largest absolute Gasteiger partial charge is 0.451 e. The van der Waals surface area contributed by atoms with Crippen LogP contribution in [0.5, 0.6) is 0 Å². The van der Waals surface area contributed by atoms with E-state index >= 15 is 0 Å². The third-order valence-corrected chi connectivity index (χ3v) is 4.63. The zero-order valence-electron chi connectivity index (χ0n) is 12.0. The first-order valence-electron chi connectivity index (χ1n) is 7.74. The molecule has 21 heavy (non-hydrogen) atoms. The monoisotopic (exact) mass is 285 g/mol. The maximum atomic E-state index is 12.8. The Morgan fingerprint density at radius 3 is 2.95 bits per heavy atom. The Kier molecular flexibility index (Phi) is 3.19. The lowest BCUT2D eigenvalue weighted by Gasteiger charge is -2.43. The van der Waals surface area contributed by atoms with Crippen LogP contribution in [0.25, 0.3) is 11.0 Å². The minimum atomic E-state index is 0.00593. The van der Waals surface area contributed by atoms with Gasteiger partial charge in [0.25, 0.3) is 5.91 Å². The number of ether oxygens (including phenoxy) is 1. The Labute approximate surface area is 123 Å². The van der Waals surface area contributed by atoms with Crippen LogP contribution in [0.15, 0.2) is 34.7 Å². The molecule has 4 rings (SSSR count). The van der Waals surface area contributed by atoms with Crippen LogP contribution in [0.3, 0.4) is 0 Å². The van der Waals surface area contributed by atoms with Gasteiger partial charge in [-0.2, -0.15) is 0 Å². The Balaban J connectivity index is 1.63. The fourth-order valence-electron chi connectivity index (χ4n) is 3.58. The standard InChI is InChI=1S/C17H19NO3/c19-17(16-11-12-5-1-3-7-14(12)21-16)18-9-10-20-15-8-4-2-6-13(15)18/h1,3,5,7,11,13,15H,2,4,6,8-10H2. The second kappa shape index (κ2) is 5.19. The molecule has 2 aromatic rings. The summed E-state index contributed by atoms with van der Waals surface area (Å²) in [5, 5.41) is 0.981. The second-order valence-electron chi connectivity index (χ2n) is 5.91. The van der Waals surface area contributed by atoms with E-state index in [0.29, 0.717) is 18.9 Å². The fourth-order valence-corrected chi connectivity index (χ4v) is 3.58. The Bertz CT molecular complexity index is 628. The third kappa shape index (κ3) is 2.23. The van der Waals surface area contributed by atoms with Crippen LogP contribution in [-0.4, -0.2) is 36.1 Å². The normalized spacial score (nSPS) is 25.8. The van der Waals surface area contributed by atoms with Crippen molar-refractivity contribution in [3.63, 3.8) is 0 Å². The van der Waals surface area contributed by atoms with Gasteiger partial charge in [0.05, 0.1) is 18.8 Å². The molecule has 4 heteroatoms. The molecule has 2 fully saturated rings. The summed E-state index contributed by atoms with van der Waals surface area (Å²) in [6.45, 7) is 1.30. The van der Waals surface area contributed by atoms with E-state index in [0.717, 1.165) is 23.8 Å². The first-order valence-corrected chi connectivity index (χ1v) is 7.74. The van der Waals surface area contributed by atoms with E-state index in [9.17, 15) is 4.79 Å². The molecule has 2 aliphatic rings. The van der Waals surface area contributed by atoms with Gasteiger partial charge in [0.2, 0.25) is 0 Å². The highest BCUT2D eigenvalue weighted by Gasteiger charge is 2.37. The van der Waals surface area contributed by atoms with Crippen LogP contribution >= 0.6 is 0 Å². The number of hydrogen-bond acceptors (Lipinski definition) is 3. The lowest BCUT2D eigenvalue weighted by Crippen LogP contribution is -2.54. The molecule has 0 bridgehead atoms. The summed E-state index contributed by atoms with van der Waals surface area (Å²) in [6.07, 6.45) is 4.69. The number of benzene rings is 1. The molecular formula is C17H19NO3. The summed E-state index contributed by atoms with van der Waals surface area (Å²) in [6, 6.07) is 9.82. The number of para-hydroxylation sites is 1. The lowest BCUT2D eigenvalue weighted by atomic mass is 9.90. The number of furan rings is 1. The van der Waals surface area contributed by atoms with Crippen LogP contribution in [0, 0.1) is 0 Å². The predicted molar refractivity (Wildman–Crippen MR) is 79.2 cm³/mol. The maximum absolute atomic E-state index is 12.8. The van der Waals surface area contributed by atoms with Crippen molar-refractivity contribution in [2.75, 3.05) is 13.2 Å². The van der Waals surface area contributed by atoms with Crippen molar-refractivity contribution in [3.8, 4) is 0 Å². The second-order valence-corrected chi connectivity index (χ2v) is 5.91. The van der Waals surface area contributed by atoms with Gasteiger partial charge < -0.3 is 14.1 Å². The number of carbonyl (C=O) groups excluding carboxylic acids is 1. The molecule has 0 spiro atoms. The van der Waals surface area contributed by atoms with E-state index < -0.39 is 0 Å². The number of nitrogens with zero attached hydrogens (tertiary/aromatic N) is 1. The van der Waals surface area contributed by atoms with Crippen LogP contribution in [-0.2, 0) is 4.74 Å². The molecule has 2 heterocycles. The highest BCUT2D eigenvalue weighted by molar-refractivity contribution is 5.96. The zero-order valence-corrected chi connectivity index (χ0v) is 12.0. The number of rotatable bonds is 1. The van der Waals surface area contributed by atoms with E-state index in [-0.39, 0.29) is 18.1 Å². The van der Waals surface area contributed by atoms with Crippen LogP contribution in [0.1, 0.15) is 36.2 Å². The molecule has 1 aromatic heterocycles. The van der Waals surface area contributed by atoms with Crippen molar-refractivity contribution in [3.05, 3.63) is 36.1 Å². The molecule has 1 aliphatic carbocycles. The van der Waals surface area contributed by atoms with Gasteiger partial charge in [-0.05, 0) is 25.0 Å². The van der Waals surface area contributed by atoms with Crippen molar-refractivity contribution in [1.82, 2.24) is 4.90 Å². The van der Waals surface area contributed by atoms with Gasteiger partial charge in [0.15, 0.2) is 5.76 Å². The summed E-state index contributed by atoms with van der Waals surface area (Å²) >= 11 is 0. The van der Waals surface area contributed by atoms with Crippen molar-refractivity contribution in [2.24, 2.45) is 0 Å². The quantitative estimate of drug-likeness (QED) is 0.808. The van der Waals surface area contributed by atoms with E-state index in [4.69, 9.17) is 9.15 Å². The Morgan fingerprint density at radius 2 is 2.05 bits per heavy atom. The molecule has 1 amide bonds. The van der Waals surface area contributed by atoms with Gasteiger partial charge in [0, 0.05) is 11.9 Å². The molecular weight excluding hydrogens is 266 g/mol. The van der Waals surface area contributed by atoms with Crippen molar-refractivity contribution < 1.29 is 13.9 Å². The summed E-state index contributed by atoms with van der Waals surface area (Å²) in [4.78, 5) is 14.8. The molecule has 2 atom stereocenters. The molecule has 1 aliphatic heterocycles. The molecule has 0 N–H and O–H groups in total. The van der Waals surface area contributed by atoms with Crippen LogP contribution in [0.4, 0.5) is 0 Å². The topological polar surface area (TPSA) is 42.7 Å². The highest BCUT2D eigenvalue weighted by Crippen LogP contribution is 2.30. The molecule has 110 valence electrons. The SMILES string of the molecule is O=C(c1cc2ccccc2o1)N1CCOC2CCCCC21. The number of carbonyl (C=O) groups is 1. The molecule has 4 nitrogen and oxygen atoms in total. The molecule has 1 saturated carbocycles. The van der Waals surface area contributed by atoms with Crippen molar-refractivity contribution in [2.45, 2.75) is 37.8 Å². The van der Waals surface area contributed by atoms with E-state index in [1.54, 1.807) is 0 Å². The third-order valence-electron chi connectivity index (χ3n) is 4.63. The smallest absolute Gasteiger partial charge is 0.290 e. The van der Waals surface area contributed by atoms with E-state index in [1.807, 2.05) is 35.2 Å². The number of hydrogen-bond donors (Lipinski definition) is 0. The first-order chi connectivity index (χ1) is 10.3. The average molecular weight is 285 g/mol. The van der Waals surface area contributed by atoms with Gasteiger partial charge in [-0.25, -0.2) is 0 Å². The fraction of sp³-hybridized carbons (Fsp3) is 0.471. The number of fused-ring (bicyclic) bond motifs is 2. The molecule has 0 radical (unpaired) electrons. The molecule has 2 unspecified atom stereocenters. The summed E-state index contributed by atoms with van der Waals surface area (Å²) in [5.41, 5.74) is 0.773. The highest BCUT2D eigenvalue weighted by atomic mass is 16.5. The number of morpholine rings is 1. The minimum absolute atomic E-state index is 0.00593. The zero-order chi connectivity index (χ0) is 14.2. The Hall–Kier alpha value is -1.81. The summed E-state index contributed by atoms with van der Waals surface area (Å²) in [5.74, 6) is 0.453. The van der Waals surface area contributed by atoms with Gasteiger partial charge in [-0.1, -0.05) is 31.0 Å². The van der Waals surface area contributed by atoms with Crippen molar-refractivity contribution in [1.29, 1.82) is 0 Å². The van der Waals surface area contributed by atoms with Gasteiger partial charge in [-0.3, -0.25) is 4.79 Å². The summed E-state index contributed by atoms with van der Waals surface area (Å²) in [7, 11) is 0. The summed E-state index contributed by atoms with van der Waals surface area (Å²) < 4.78 is 11.6. The lowest BCUT2D eigenvalue weighted by molar-refractivity contribution is -0.0759. The number of amides is 1. The maximum Gasteiger partial charge on any atom is 0.290 e. The van der Waals surface area contributed by atoms with Gasteiger partial charge in [-0.15, -0.1) is 0 Å². The van der Waals surface area contributed by atoms with Gasteiger partial charge >= 0.3 is 0 Å². The van der Waals surface area contributed by atoms with E-state index in [1.165, 1.54) is 12.8 Å². The van der Waals surface area contributed by atoms with Crippen LogP contribution in [0.2, 0.25) is 0 Å². The Morgan fingerprint density at radius 1 is 1.19 bits per heavy atom. The van der Waals surface area contributed by atoms with Gasteiger partial charge in [0.1, 0.15) is 5.58 Å². The van der Waals surface area contributed by atoms with Crippen LogP contribution < -0.4 is 0 Å². The van der Waals surface area contributed by atoms with E-state index in [2.05, 4.69) is 0 Å². The first kappa shape index (κ1) is 12.9.